The molecule has 1 fully saturated rings. The average Bonchev–Trinajstić information content (AvgIpc) is 2.54. The molecule has 0 aliphatic carbocycles. The number of aryl methyl sites for hydroxylation is 1. The molecule has 1 aromatic rings. The number of carboxylic acids is 1. The van der Waals surface area contributed by atoms with Gasteiger partial charge in [-0.2, -0.15) is 0 Å². The lowest BCUT2D eigenvalue weighted by molar-refractivity contribution is 0.0144. The van der Waals surface area contributed by atoms with E-state index in [4.69, 9.17) is 9.84 Å². The van der Waals surface area contributed by atoms with Gasteiger partial charge >= 0.3 is 12.1 Å². The van der Waals surface area contributed by atoms with Gasteiger partial charge < -0.3 is 14.7 Å². The molecule has 1 aliphatic rings. The van der Waals surface area contributed by atoms with E-state index >= 15 is 0 Å². The van der Waals surface area contributed by atoms with Crippen molar-refractivity contribution in [1.82, 2.24) is 9.80 Å². The molecule has 6 nitrogen and oxygen atoms in total. The number of piperazine rings is 1. The van der Waals surface area contributed by atoms with Gasteiger partial charge in [-0.3, -0.25) is 4.90 Å². The molecule has 0 spiro atoms. The number of benzene rings is 1. The topological polar surface area (TPSA) is 70.1 Å². The fourth-order valence-electron chi connectivity index (χ4n) is 2.80. The zero-order chi connectivity index (χ0) is 18.4. The Morgan fingerprint density at radius 2 is 1.68 bits per heavy atom. The van der Waals surface area contributed by atoms with E-state index in [1.165, 1.54) is 0 Å². The fourth-order valence-corrected chi connectivity index (χ4v) is 2.80. The highest BCUT2D eigenvalue weighted by atomic mass is 16.6. The van der Waals surface area contributed by atoms with Crippen LogP contribution in [0.2, 0.25) is 0 Å². The second-order valence-corrected chi connectivity index (χ2v) is 7.41. The average molecular weight is 348 g/mol. The van der Waals surface area contributed by atoms with Crippen molar-refractivity contribution < 1.29 is 19.4 Å². The molecule has 1 heterocycles. The number of carbonyl (C=O) groups is 2. The second kappa shape index (κ2) is 8.34. The van der Waals surface area contributed by atoms with Crippen molar-refractivity contribution in [1.29, 1.82) is 0 Å². The van der Waals surface area contributed by atoms with Crippen molar-refractivity contribution in [3.8, 4) is 0 Å². The van der Waals surface area contributed by atoms with Gasteiger partial charge in [0.05, 0.1) is 5.56 Å². The Morgan fingerprint density at radius 3 is 2.20 bits per heavy atom. The van der Waals surface area contributed by atoms with E-state index in [0.717, 1.165) is 38.0 Å². The number of hydrogen-bond acceptors (Lipinski definition) is 4. The van der Waals surface area contributed by atoms with E-state index in [1.807, 2.05) is 32.9 Å². The van der Waals surface area contributed by atoms with Gasteiger partial charge in [-0.1, -0.05) is 12.1 Å². The third kappa shape index (κ3) is 6.38. The molecular weight excluding hydrogens is 320 g/mol. The van der Waals surface area contributed by atoms with Crippen LogP contribution in [-0.2, 0) is 11.2 Å². The van der Waals surface area contributed by atoms with Gasteiger partial charge in [0.2, 0.25) is 0 Å². The first-order valence-corrected chi connectivity index (χ1v) is 8.77. The maximum Gasteiger partial charge on any atom is 0.410 e. The van der Waals surface area contributed by atoms with Crippen LogP contribution in [0.25, 0.3) is 0 Å². The molecule has 0 aromatic heterocycles. The van der Waals surface area contributed by atoms with Crippen LogP contribution >= 0.6 is 0 Å². The van der Waals surface area contributed by atoms with E-state index in [2.05, 4.69) is 4.90 Å². The fraction of sp³-hybridized carbons (Fsp3) is 0.579. The van der Waals surface area contributed by atoms with Crippen LogP contribution in [0.3, 0.4) is 0 Å². The Bertz CT molecular complexity index is 584. The van der Waals surface area contributed by atoms with E-state index < -0.39 is 11.6 Å². The van der Waals surface area contributed by atoms with Gasteiger partial charge in [0.1, 0.15) is 5.60 Å². The van der Waals surface area contributed by atoms with Gasteiger partial charge in [-0.05, 0) is 57.9 Å². The van der Waals surface area contributed by atoms with Crippen molar-refractivity contribution >= 4 is 12.1 Å². The quantitative estimate of drug-likeness (QED) is 0.886. The number of carbonyl (C=O) groups excluding carboxylic acids is 1. The molecular formula is C19H28N2O4. The predicted molar refractivity (Wildman–Crippen MR) is 96.0 cm³/mol. The molecule has 1 aromatic carbocycles. The summed E-state index contributed by atoms with van der Waals surface area (Å²) in [6.07, 6.45) is 1.70. The zero-order valence-corrected chi connectivity index (χ0v) is 15.3. The summed E-state index contributed by atoms with van der Waals surface area (Å²) in [5, 5.41) is 8.90. The maximum atomic E-state index is 12.0. The number of carboxylic acid groups (broad SMARTS) is 1. The first-order chi connectivity index (χ1) is 11.7. The summed E-state index contributed by atoms with van der Waals surface area (Å²) in [5.74, 6) is -0.894. The molecule has 0 unspecified atom stereocenters. The van der Waals surface area contributed by atoms with Crippen LogP contribution in [0.5, 0.6) is 0 Å². The summed E-state index contributed by atoms with van der Waals surface area (Å²) in [4.78, 5) is 27.0. The van der Waals surface area contributed by atoms with Gasteiger partial charge in [0.25, 0.3) is 0 Å². The Kier molecular flexibility index (Phi) is 6.42. The first-order valence-electron chi connectivity index (χ1n) is 8.77. The third-order valence-corrected chi connectivity index (χ3v) is 4.16. The normalized spacial score (nSPS) is 15.9. The van der Waals surface area contributed by atoms with Crippen LogP contribution in [0, 0.1) is 0 Å². The predicted octanol–water partition coefficient (Wildman–Crippen LogP) is 2.87. The summed E-state index contributed by atoms with van der Waals surface area (Å²) >= 11 is 0. The number of ether oxygens (including phenoxy) is 1. The van der Waals surface area contributed by atoms with Crippen LogP contribution in [-0.4, -0.2) is 65.3 Å². The molecule has 1 N–H and O–H groups in total. The number of aromatic carboxylic acids is 1. The van der Waals surface area contributed by atoms with Gasteiger partial charge in [0.15, 0.2) is 0 Å². The Morgan fingerprint density at radius 1 is 1.08 bits per heavy atom. The van der Waals surface area contributed by atoms with Gasteiger partial charge in [-0.15, -0.1) is 0 Å². The monoisotopic (exact) mass is 348 g/mol. The minimum Gasteiger partial charge on any atom is -0.478 e. The molecule has 2 rings (SSSR count). The second-order valence-electron chi connectivity index (χ2n) is 7.41. The zero-order valence-electron chi connectivity index (χ0n) is 15.3. The molecule has 0 saturated carbocycles. The highest BCUT2D eigenvalue weighted by Crippen LogP contribution is 2.13. The minimum absolute atomic E-state index is 0.231. The summed E-state index contributed by atoms with van der Waals surface area (Å²) in [5.41, 5.74) is 1.02. The van der Waals surface area contributed by atoms with Crippen molar-refractivity contribution in [3.05, 3.63) is 35.4 Å². The molecule has 1 saturated heterocycles. The van der Waals surface area contributed by atoms with Crippen molar-refractivity contribution in [2.24, 2.45) is 0 Å². The van der Waals surface area contributed by atoms with Crippen LogP contribution in [0.1, 0.15) is 43.1 Å². The minimum atomic E-state index is -0.894. The lowest BCUT2D eigenvalue weighted by atomic mass is 10.1. The molecule has 25 heavy (non-hydrogen) atoms. The number of nitrogens with zero attached hydrogens (tertiary/aromatic N) is 2. The molecule has 0 atom stereocenters. The van der Waals surface area contributed by atoms with E-state index in [1.54, 1.807) is 17.0 Å². The molecule has 0 radical (unpaired) electrons. The number of amides is 1. The largest absolute Gasteiger partial charge is 0.478 e. The first kappa shape index (κ1) is 19.2. The van der Waals surface area contributed by atoms with Gasteiger partial charge in [0, 0.05) is 26.2 Å². The summed E-state index contributed by atoms with van der Waals surface area (Å²) < 4.78 is 5.40. The standard InChI is InChI=1S/C19H28N2O4/c1-19(2,3)25-18(24)21-13-11-20(12-14-21)10-4-5-15-6-8-16(9-7-15)17(22)23/h6-9H,4-5,10-14H2,1-3H3,(H,22,23). The molecule has 138 valence electrons. The lowest BCUT2D eigenvalue weighted by Gasteiger charge is -2.35. The maximum absolute atomic E-state index is 12.0. The number of rotatable bonds is 5. The van der Waals surface area contributed by atoms with Gasteiger partial charge in [-0.25, -0.2) is 9.59 Å². The van der Waals surface area contributed by atoms with Crippen LogP contribution in [0.15, 0.2) is 24.3 Å². The van der Waals surface area contributed by atoms with E-state index in [0.29, 0.717) is 18.7 Å². The highest BCUT2D eigenvalue weighted by molar-refractivity contribution is 5.87. The third-order valence-electron chi connectivity index (χ3n) is 4.16. The smallest absolute Gasteiger partial charge is 0.410 e. The van der Waals surface area contributed by atoms with E-state index in [-0.39, 0.29) is 6.09 Å². The summed E-state index contributed by atoms with van der Waals surface area (Å²) in [7, 11) is 0. The number of hydrogen-bond donors (Lipinski definition) is 1. The molecule has 1 aliphatic heterocycles. The lowest BCUT2D eigenvalue weighted by Crippen LogP contribution is -2.50. The Labute approximate surface area is 149 Å². The Balaban J connectivity index is 1.68. The SMILES string of the molecule is CC(C)(C)OC(=O)N1CCN(CCCc2ccc(C(=O)O)cc2)CC1. The van der Waals surface area contributed by atoms with Crippen molar-refractivity contribution in [2.45, 2.75) is 39.2 Å². The Hall–Kier alpha value is -2.08. The van der Waals surface area contributed by atoms with Crippen LogP contribution < -0.4 is 0 Å². The van der Waals surface area contributed by atoms with E-state index in [9.17, 15) is 9.59 Å². The molecule has 6 heteroatoms. The summed E-state index contributed by atoms with van der Waals surface area (Å²) in [6.45, 7) is 9.72. The van der Waals surface area contributed by atoms with Crippen LogP contribution in [0.4, 0.5) is 4.79 Å². The summed E-state index contributed by atoms with van der Waals surface area (Å²) in [6, 6.07) is 7.06. The molecule has 0 bridgehead atoms. The molecule has 1 amide bonds. The highest BCUT2D eigenvalue weighted by Gasteiger charge is 2.25. The van der Waals surface area contributed by atoms with Crippen molar-refractivity contribution in [2.75, 3.05) is 32.7 Å². The van der Waals surface area contributed by atoms with Crippen molar-refractivity contribution in [3.63, 3.8) is 0 Å².